The maximum atomic E-state index is 6.34. The molecule has 1 saturated heterocycles. The summed E-state index contributed by atoms with van der Waals surface area (Å²) in [7, 11) is 0. The van der Waals surface area contributed by atoms with Crippen molar-refractivity contribution in [2.24, 2.45) is 0 Å². The van der Waals surface area contributed by atoms with E-state index in [1.165, 1.54) is 23.8 Å². The van der Waals surface area contributed by atoms with Crippen LogP contribution in [0.25, 0.3) is 10.8 Å². The summed E-state index contributed by atoms with van der Waals surface area (Å²) in [6.07, 6.45) is 3.80. The Morgan fingerprint density at radius 3 is 2.71 bits per heavy atom. The van der Waals surface area contributed by atoms with E-state index in [9.17, 15) is 0 Å². The molecule has 2 nitrogen and oxygen atoms in total. The number of benzene rings is 2. The van der Waals surface area contributed by atoms with E-state index in [1.807, 2.05) is 12.1 Å². The molecule has 1 aliphatic rings. The Morgan fingerprint density at radius 1 is 1.19 bits per heavy atom. The van der Waals surface area contributed by atoms with Crippen LogP contribution in [0, 0.1) is 0 Å². The Kier molecular flexibility index (Phi) is 4.79. The zero-order valence-corrected chi connectivity index (χ0v) is 13.2. The molecule has 3 heteroatoms. The fourth-order valence-electron chi connectivity index (χ4n) is 3.25. The van der Waals surface area contributed by atoms with Crippen LogP contribution in [0.3, 0.4) is 0 Å². The summed E-state index contributed by atoms with van der Waals surface area (Å²) in [4.78, 5) is 0. The van der Waals surface area contributed by atoms with Gasteiger partial charge >= 0.3 is 0 Å². The molecule has 1 N–H and O–H groups in total. The van der Waals surface area contributed by atoms with Crippen molar-refractivity contribution in [3.8, 4) is 0 Å². The highest BCUT2D eigenvalue weighted by Crippen LogP contribution is 2.34. The average Bonchev–Trinajstić information content (AvgIpc) is 2.55. The molecule has 2 atom stereocenters. The van der Waals surface area contributed by atoms with Gasteiger partial charge in [-0.2, -0.15) is 0 Å². The Morgan fingerprint density at radius 2 is 2.00 bits per heavy atom. The number of halogens is 1. The van der Waals surface area contributed by atoms with Crippen molar-refractivity contribution in [2.45, 2.75) is 38.3 Å². The predicted octanol–water partition coefficient (Wildman–Crippen LogP) is 4.71. The van der Waals surface area contributed by atoms with Gasteiger partial charge in [-0.25, -0.2) is 0 Å². The van der Waals surface area contributed by atoms with Crippen molar-refractivity contribution in [3.63, 3.8) is 0 Å². The van der Waals surface area contributed by atoms with Gasteiger partial charge in [0, 0.05) is 17.0 Å². The highest BCUT2D eigenvalue weighted by Gasteiger charge is 2.26. The van der Waals surface area contributed by atoms with Crippen LogP contribution in [0.15, 0.2) is 36.4 Å². The van der Waals surface area contributed by atoms with Crippen molar-refractivity contribution in [3.05, 3.63) is 47.0 Å². The fourth-order valence-corrected chi connectivity index (χ4v) is 3.47. The molecule has 1 aliphatic heterocycles. The van der Waals surface area contributed by atoms with E-state index in [0.29, 0.717) is 0 Å². The lowest BCUT2D eigenvalue weighted by Crippen LogP contribution is -2.36. The summed E-state index contributed by atoms with van der Waals surface area (Å²) in [5, 5.41) is 6.77. The summed E-state index contributed by atoms with van der Waals surface area (Å²) < 4.78 is 6.03. The molecule has 2 aromatic carbocycles. The van der Waals surface area contributed by atoms with E-state index < -0.39 is 0 Å². The minimum absolute atomic E-state index is 0.234. The van der Waals surface area contributed by atoms with Crippen molar-refractivity contribution in [1.82, 2.24) is 5.32 Å². The van der Waals surface area contributed by atoms with E-state index in [4.69, 9.17) is 16.3 Å². The van der Waals surface area contributed by atoms with Gasteiger partial charge in [-0.1, -0.05) is 48.9 Å². The van der Waals surface area contributed by atoms with Gasteiger partial charge in [-0.15, -0.1) is 0 Å². The Balaban J connectivity index is 2.04. The first-order valence-corrected chi connectivity index (χ1v) is 8.21. The molecule has 3 rings (SSSR count). The molecule has 0 aliphatic carbocycles. The minimum atomic E-state index is 0.234. The smallest absolute Gasteiger partial charge is 0.0769 e. The van der Waals surface area contributed by atoms with Crippen molar-refractivity contribution >= 4 is 22.4 Å². The topological polar surface area (TPSA) is 21.3 Å². The second-order valence-corrected chi connectivity index (χ2v) is 6.03. The second kappa shape index (κ2) is 6.78. The van der Waals surface area contributed by atoms with Gasteiger partial charge in [-0.3, -0.25) is 0 Å². The highest BCUT2D eigenvalue weighted by atomic mass is 35.5. The first kappa shape index (κ1) is 14.8. The van der Waals surface area contributed by atoms with E-state index in [-0.39, 0.29) is 12.1 Å². The number of likely N-dealkylation sites (N-methyl/N-ethyl adjacent to an activating group) is 1. The maximum absolute atomic E-state index is 6.34. The van der Waals surface area contributed by atoms with Gasteiger partial charge in [0.25, 0.3) is 0 Å². The molecule has 0 amide bonds. The lowest BCUT2D eigenvalue weighted by molar-refractivity contribution is -0.00756. The molecule has 21 heavy (non-hydrogen) atoms. The number of hydrogen-bond acceptors (Lipinski definition) is 2. The Labute approximate surface area is 131 Å². The number of nitrogens with one attached hydrogen (secondary N) is 1. The molecular weight excluding hydrogens is 282 g/mol. The normalized spacial score (nSPS) is 20.6. The summed E-state index contributed by atoms with van der Waals surface area (Å²) >= 11 is 6.34. The molecule has 0 saturated carbocycles. The largest absolute Gasteiger partial charge is 0.376 e. The summed E-state index contributed by atoms with van der Waals surface area (Å²) in [5.41, 5.74) is 1.30. The SMILES string of the molecule is CCNC(c1ccc(Cl)c2ccccc12)C1CCCCO1. The molecule has 0 spiro atoms. The van der Waals surface area contributed by atoms with Crippen molar-refractivity contribution in [1.29, 1.82) is 0 Å². The molecule has 2 unspecified atom stereocenters. The summed E-state index contributed by atoms with van der Waals surface area (Å²) in [5.74, 6) is 0. The molecule has 1 heterocycles. The van der Waals surface area contributed by atoms with Crippen molar-refractivity contribution in [2.75, 3.05) is 13.2 Å². The van der Waals surface area contributed by atoms with Crippen LogP contribution in [0.5, 0.6) is 0 Å². The van der Waals surface area contributed by atoms with Gasteiger partial charge < -0.3 is 10.1 Å². The third-order valence-electron chi connectivity index (χ3n) is 4.25. The van der Waals surface area contributed by atoms with Crippen molar-refractivity contribution < 1.29 is 4.74 Å². The van der Waals surface area contributed by atoms with E-state index in [0.717, 1.165) is 30.0 Å². The monoisotopic (exact) mass is 303 g/mol. The molecule has 1 fully saturated rings. The zero-order valence-electron chi connectivity index (χ0n) is 12.4. The number of hydrogen-bond donors (Lipinski definition) is 1. The van der Waals surface area contributed by atoms with Crippen LogP contribution in [-0.4, -0.2) is 19.3 Å². The third-order valence-corrected chi connectivity index (χ3v) is 4.58. The van der Waals surface area contributed by atoms with Gasteiger partial charge in [0.2, 0.25) is 0 Å². The van der Waals surface area contributed by atoms with Gasteiger partial charge in [0.15, 0.2) is 0 Å². The summed E-state index contributed by atoms with van der Waals surface area (Å²) in [6.45, 7) is 3.95. The zero-order chi connectivity index (χ0) is 14.7. The van der Waals surface area contributed by atoms with Crippen LogP contribution in [0.4, 0.5) is 0 Å². The van der Waals surface area contributed by atoms with Gasteiger partial charge in [0.05, 0.1) is 12.1 Å². The standard InChI is InChI=1S/C18H22ClNO/c1-2-20-18(17-9-5-6-12-21-17)15-10-11-16(19)14-8-4-3-7-13(14)15/h3-4,7-8,10-11,17-18,20H,2,5-6,9,12H2,1H3. The first-order valence-electron chi connectivity index (χ1n) is 7.83. The number of ether oxygens (including phenoxy) is 1. The number of fused-ring (bicyclic) bond motifs is 1. The minimum Gasteiger partial charge on any atom is -0.376 e. The maximum Gasteiger partial charge on any atom is 0.0769 e. The molecular formula is C18H22ClNO. The number of rotatable bonds is 4. The van der Waals surface area contributed by atoms with Crippen LogP contribution < -0.4 is 5.32 Å². The molecule has 2 aromatic rings. The molecule has 0 bridgehead atoms. The summed E-state index contributed by atoms with van der Waals surface area (Å²) in [6, 6.07) is 12.7. The lowest BCUT2D eigenvalue weighted by Gasteiger charge is -2.32. The third kappa shape index (κ3) is 3.08. The van der Waals surface area contributed by atoms with E-state index >= 15 is 0 Å². The Bertz CT molecular complexity index is 607. The predicted molar refractivity (Wildman–Crippen MR) is 89.0 cm³/mol. The molecule has 0 aromatic heterocycles. The van der Waals surface area contributed by atoms with Crippen LogP contribution >= 0.6 is 11.6 Å². The molecule has 0 radical (unpaired) electrons. The molecule has 112 valence electrons. The second-order valence-electron chi connectivity index (χ2n) is 5.62. The van der Waals surface area contributed by atoms with Crippen LogP contribution in [-0.2, 0) is 4.74 Å². The Hall–Kier alpha value is -1.09. The quantitative estimate of drug-likeness (QED) is 0.883. The van der Waals surface area contributed by atoms with Gasteiger partial charge in [-0.05, 0) is 42.8 Å². The lowest BCUT2D eigenvalue weighted by atomic mass is 9.92. The average molecular weight is 304 g/mol. The van der Waals surface area contributed by atoms with E-state index in [2.05, 4.69) is 36.5 Å². The van der Waals surface area contributed by atoms with Gasteiger partial charge in [0.1, 0.15) is 0 Å². The first-order chi connectivity index (χ1) is 10.3. The fraction of sp³-hybridized carbons (Fsp3) is 0.444. The highest BCUT2D eigenvalue weighted by molar-refractivity contribution is 6.35. The van der Waals surface area contributed by atoms with Crippen LogP contribution in [0.2, 0.25) is 5.02 Å². The van der Waals surface area contributed by atoms with E-state index in [1.54, 1.807) is 0 Å². The van der Waals surface area contributed by atoms with Crippen LogP contribution in [0.1, 0.15) is 37.8 Å².